The number of carbonyl (C=O) groups is 1. The molecule has 0 aliphatic carbocycles. The number of carboxylic acids is 1. The molecule has 1 saturated heterocycles. The zero-order valence-electron chi connectivity index (χ0n) is 12.4. The molecule has 0 unspecified atom stereocenters. The van der Waals surface area contributed by atoms with Gasteiger partial charge in [0.1, 0.15) is 0 Å². The molecule has 1 aliphatic heterocycles. The average molecular weight is 316 g/mol. The summed E-state index contributed by atoms with van der Waals surface area (Å²) in [6, 6.07) is 10.4. The van der Waals surface area contributed by atoms with Crippen LogP contribution >= 0.6 is 11.3 Å². The van der Waals surface area contributed by atoms with E-state index in [1.54, 1.807) is 11.3 Å². The zero-order valence-corrected chi connectivity index (χ0v) is 13.3. The molecule has 4 nitrogen and oxygen atoms in total. The SMILES string of the molecule is O=C(O)C1CCN(Cc2csc(Cc3ccccc3)n2)CC1. The lowest BCUT2D eigenvalue weighted by Gasteiger charge is -2.29. The lowest BCUT2D eigenvalue weighted by Crippen LogP contribution is -2.35. The van der Waals surface area contributed by atoms with E-state index in [0.717, 1.165) is 49.6 Å². The van der Waals surface area contributed by atoms with Crippen LogP contribution < -0.4 is 0 Å². The maximum absolute atomic E-state index is 11.0. The third kappa shape index (κ3) is 3.93. The van der Waals surface area contributed by atoms with Gasteiger partial charge in [0.25, 0.3) is 0 Å². The average Bonchev–Trinajstić information content (AvgIpc) is 2.96. The number of carboxylic acid groups (broad SMARTS) is 1. The number of piperidine rings is 1. The van der Waals surface area contributed by atoms with Gasteiger partial charge in [0, 0.05) is 18.3 Å². The van der Waals surface area contributed by atoms with Crippen LogP contribution in [0.1, 0.15) is 29.1 Å². The first-order valence-electron chi connectivity index (χ1n) is 7.63. The van der Waals surface area contributed by atoms with Crippen molar-refractivity contribution in [3.8, 4) is 0 Å². The minimum absolute atomic E-state index is 0.166. The normalized spacial score (nSPS) is 16.7. The second-order valence-electron chi connectivity index (χ2n) is 5.78. The zero-order chi connectivity index (χ0) is 15.4. The molecule has 22 heavy (non-hydrogen) atoms. The van der Waals surface area contributed by atoms with E-state index in [-0.39, 0.29) is 5.92 Å². The molecular weight excluding hydrogens is 296 g/mol. The predicted octanol–water partition coefficient (Wildman–Crippen LogP) is 3.03. The lowest BCUT2D eigenvalue weighted by atomic mass is 9.97. The van der Waals surface area contributed by atoms with Crippen molar-refractivity contribution >= 4 is 17.3 Å². The molecule has 116 valence electrons. The molecule has 2 heterocycles. The van der Waals surface area contributed by atoms with Crippen LogP contribution in [0.15, 0.2) is 35.7 Å². The standard InChI is InChI=1S/C17H20N2O2S/c20-17(21)14-6-8-19(9-7-14)11-15-12-22-16(18-15)10-13-4-2-1-3-5-13/h1-5,12,14H,6-11H2,(H,20,21). The molecule has 0 atom stereocenters. The maximum atomic E-state index is 11.0. The number of rotatable bonds is 5. The van der Waals surface area contributed by atoms with E-state index in [1.165, 1.54) is 5.56 Å². The molecule has 0 radical (unpaired) electrons. The number of aromatic nitrogens is 1. The summed E-state index contributed by atoms with van der Waals surface area (Å²) in [6.45, 7) is 2.53. The molecule has 1 aromatic carbocycles. The van der Waals surface area contributed by atoms with Gasteiger partial charge < -0.3 is 5.11 Å². The number of hydrogen-bond donors (Lipinski definition) is 1. The van der Waals surface area contributed by atoms with Crippen LogP contribution in [-0.2, 0) is 17.8 Å². The Bertz CT molecular complexity index is 619. The Morgan fingerprint density at radius 2 is 2.00 bits per heavy atom. The molecule has 1 aromatic heterocycles. The molecule has 0 saturated carbocycles. The summed E-state index contributed by atoms with van der Waals surface area (Å²) in [4.78, 5) is 18.0. The topological polar surface area (TPSA) is 53.4 Å². The largest absolute Gasteiger partial charge is 0.481 e. The molecule has 5 heteroatoms. The summed E-state index contributed by atoms with van der Waals surface area (Å²) in [5.74, 6) is -0.821. The van der Waals surface area contributed by atoms with Crippen LogP contribution in [0, 0.1) is 5.92 Å². The minimum Gasteiger partial charge on any atom is -0.481 e. The first-order valence-corrected chi connectivity index (χ1v) is 8.51. The fraction of sp³-hybridized carbons (Fsp3) is 0.412. The first-order chi connectivity index (χ1) is 10.7. The van der Waals surface area contributed by atoms with Gasteiger partial charge in [0.2, 0.25) is 0 Å². The van der Waals surface area contributed by atoms with E-state index >= 15 is 0 Å². The highest BCUT2D eigenvalue weighted by Crippen LogP contribution is 2.21. The Morgan fingerprint density at radius 3 is 2.68 bits per heavy atom. The fourth-order valence-electron chi connectivity index (χ4n) is 2.84. The molecule has 1 N–H and O–H groups in total. The van der Waals surface area contributed by atoms with Crippen LogP contribution in [0.4, 0.5) is 0 Å². The Labute approximate surface area is 134 Å². The maximum Gasteiger partial charge on any atom is 0.306 e. The van der Waals surface area contributed by atoms with E-state index < -0.39 is 5.97 Å². The molecule has 1 fully saturated rings. The van der Waals surface area contributed by atoms with E-state index in [2.05, 4.69) is 34.5 Å². The van der Waals surface area contributed by atoms with Gasteiger partial charge >= 0.3 is 5.97 Å². The van der Waals surface area contributed by atoms with Crippen LogP contribution in [0.2, 0.25) is 0 Å². The highest BCUT2D eigenvalue weighted by atomic mass is 32.1. The van der Waals surface area contributed by atoms with Crippen molar-refractivity contribution in [1.29, 1.82) is 0 Å². The third-order valence-electron chi connectivity index (χ3n) is 4.12. The summed E-state index contributed by atoms with van der Waals surface area (Å²) in [5.41, 5.74) is 2.38. The summed E-state index contributed by atoms with van der Waals surface area (Å²) in [6.07, 6.45) is 2.37. The monoisotopic (exact) mass is 316 g/mol. The summed E-state index contributed by atoms with van der Waals surface area (Å²) < 4.78 is 0. The van der Waals surface area contributed by atoms with Gasteiger partial charge in [-0.15, -0.1) is 11.3 Å². The van der Waals surface area contributed by atoms with Gasteiger partial charge in [-0.3, -0.25) is 9.69 Å². The van der Waals surface area contributed by atoms with Gasteiger partial charge in [0.05, 0.1) is 16.6 Å². The molecule has 0 spiro atoms. The fourth-order valence-corrected chi connectivity index (χ4v) is 3.66. The number of aliphatic carboxylic acids is 1. The van der Waals surface area contributed by atoms with Crippen molar-refractivity contribution < 1.29 is 9.90 Å². The lowest BCUT2D eigenvalue weighted by molar-refractivity contribution is -0.143. The predicted molar refractivity (Wildman–Crippen MR) is 87.0 cm³/mol. The third-order valence-corrected chi connectivity index (χ3v) is 5.02. The molecular formula is C17H20N2O2S. The Morgan fingerprint density at radius 1 is 1.27 bits per heavy atom. The Kier molecular flexibility index (Phi) is 4.85. The summed E-state index contributed by atoms with van der Waals surface area (Å²) in [7, 11) is 0. The van der Waals surface area contributed by atoms with Crippen LogP contribution in [0.25, 0.3) is 0 Å². The quantitative estimate of drug-likeness (QED) is 0.921. The second-order valence-corrected chi connectivity index (χ2v) is 6.73. The number of nitrogens with zero attached hydrogens (tertiary/aromatic N) is 2. The van der Waals surface area contributed by atoms with E-state index in [4.69, 9.17) is 10.1 Å². The van der Waals surface area contributed by atoms with Crippen molar-refractivity contribution in [2.75, 3.05) is 13.1 Å². The summed E-state index contributed by atoms with van der Waals surface area (Å²) in [5, 5.41) is 12.3. The van der Waals surface area contributed by atoms with Crippen LogP contribution in [0.5, 0.6) is 0 Å². The van der Waals surface area contributed by atoms with Gasteiger partial charge in [-0.1, -0.05) is 30.3 Å². The van der Waals surface area contributed by atoms with E-state index in [1.807, 2.05) is 6.07 Å². The van der Waals surface area contributed by atoms with Crippen LogP contribution in [0.3, 0.4) is 0 Å². The van der Waals surface area contributed by atoms with Crippen molar-refractivity contribution in [3.63, 3.8) is 0 Å². The number of hydrogen-bond acceptors (Lipinski definition) is 4. The highest BCUT2D eigenvalue weighted by molar-refractivity contribution is 7.09. The van der Waals surface area contributed by atoms with Gasteiger partial charge in [-0.2, -0.15) is 0 Å². The second kappa shape index (κ2) is 7.03. The van der Waals surface area contributed by atoms with Crippen molar-refractivity contribution in [3.05, 3.63) is 52.0 Å². The Hall–Kier alpha value is -1.72. The first kappa shape index (κ1) is 15.2. The molecule has 0 amide bonds. The van der Waals surface area contributed by atoms with Crippen molar-refractivity contribution in [2.45, 2.75) is 25.8 Å². The number of thiazole rings is 1. The van der Waals surface area contributed by atoms with Crippen LogP contribution in [-0.4, -0.2) is 34.0 Å². The van der Waals surface area contributed by atoms with Crippen molar-refractivity contribution in [1.82, 2.24) is 9.88 Å². The number of likely N-dealkylation sites (tertiary alicyclic amines) is 1. The Balaban J connectivity index is 1.53. The molecule has 0 bridgehead atoms. The minimum atomic E-state index is -0.654. The molecule has 3 rings (SSSR count). The number of benzene rings is 1. The van der Waals surface area contributed by atoms with Gasteiger partial charge in [-0.05, 0) is 31.5 Å². The van der Waals surface area contributed by atoms with Crippen molar-refractivity contribution in [2.24, 2.45) is 5.92 Å². The van der Waals surface area contributed by atoms with E-state index in [0.29, 0.717) is 0 Å². The van der Waals surface area contributed by atoms with Gasteiger partial charge in [-0.25, -0.2) is 4.98 Å². The summed E-state index contributed by atoms with van der Waals surface area (Å²) >= 11 is 1.71. The highest BCUT2D eigenvalue weighted by Gasteiger charge is 2.24. The van der Waals surface area contributed by atoms with E-state index in [9.17, 15) is 4.79 Å². The molecule has 2 aromatic rings. The smallest absolute Gasteiger partial charge is 0.306 e. The van der Waals surface area contributed by atoms with Gasteiger partial charge in [0.15, 0.2) is 0 Å². The molecule has 1 aliphatic rings.